The number of carbonyl (C=O) groups is 1. The van der Waals surface area contributed by atoms with Gasteiger partial charge in [-0.2, -0.15) is 0 Å². The second-order valence-electron chi connectivity index (χ2n) is 4.51. The Morgan fingerprint density at radius 2 is 2.07 bits per heavy atom. The summed E-state index contributed by atoms with van der Waals surface area (Å²) in [5, 5.41) is 0. The summed E-state index contributed by atoms with van der Waals surface area (Å²) in [5.74, 6) is 2.67. The highest BCUT2D eigenvalue weighted by Gasteiger charge is 2.30. The van der Waals surface area contributed by atoms with Crippen LogP contribution >= 0.6 is 0 Å². The molecule has 14 heavy (non-hydrogen) atoms. The molecule has 0 fully saturated rings. The van der Waals surface area contributed by atoms with Crippen molar-refractivity contribution in [3.63, 3.8) is 0 Å². The molecule has 0 amide bonds. The number of ether oxygens (including phenoxy) is 1. The Hall–Kier alpha value is -0.810. The quantitative estimate of drug-likeness (QED) is 0.498. The Labute approximate surface area is 87.0 Å². The molecule has 0 aromatic heterocycles. The smallest absolute Gasteiger partial charge is 0.162 e. The molecule has 0 bridgehead atoms. The van der Waals surface area contributed by atoms with Crippen LogP contribution in [0.5, 0.6) is 0 Å². The molecular formula is C12H20O2. The van der Waals surface area contributed by atoms with E-state index in [0.717, 1.165) is 6.42 Å². The van der Waals surface area contributed by atoms with Gasteiger partial charge in [-0.1, -0.05) is 20.8 Å². The Bertz CT molecular complexity index is 217. The first-order chi connectivity index (χ1) is 6.43. The van der Waals surface area contributed by atoms with Crippen molar-refractivity contribution in [1.29, 1.82) is 0 Å². The minimum atomic E-state index is -0.319. The monoisotopic (exact) mass is 196 g/mol. The largest absolute Gasteiger partial charge is 0.373 e. The Balaban J connectivity index is 4.14. The summed E-state index contributed by atoms with van der Waals surface area (Å²) in [5.41, 5.74) is -0.137. The molecule has 80 valence electrons. The van der Waals surface area contributed by atoms with Crippen molar-refractivity contribution >= 4 is 5.78 Å². The highest BCUT2D eigenvalue weighted by Crippen LogP contribution is 2.23. The molecule has 0 aliphatic heterocycles. The molecule has 0 spiro atoms. The van der Waals surface area contributed by atoms with E-state index in [-0.39, 0.29) is 17.3 Å². The van der Waals surface area contributed by atoms with Crippen LogP contribution in [0.15, 0.2) is 0 Å². The molecule has 0 saturated heterocycles. The van der Waals surface area contributed by atoms with Gasteiger partial charge in [-0.3, -0.25) is 4.79 Å². The van der Waals surface area contributed by atoms with Crippen LogP contribution in [-0.2, 0) is 9.53 Å². The fourth-order valence-electron chi connectivity index (χ4n) is 1.46. The third-order valence-electron chi connectivity index (χ3n) is 2.06. The third-order valence-corrected chi connectivity index (χ3v) is 2.06. The van der Waals surface area contributed by atoms with E-state index in [0.29, 0.717) is 12.8 Å². The molecular weight excluding hydrogens is 176 g/mol. The number of ketones is 1. The predicted octanol–water partition coefficient (Wildman–Crippen LogP) is 2.42. The molecule has 0 rings (SSSR count). The Morgan fingerprint density at radius 3 is 2.43 bits per heavy atom. The van der Waals surface area contributed by atoms with Crippen molar-refractivity contribution in [2.24, 2.45) is 5.41 Å². The van der Waals surface area contributed by atoms with Crippen LogP contribution in [-0.4, -0.2) is 19.0 Å². The highest BCUT2D eigenvalue weighted by atomic mass is 16.5. The molecule has 0 saturated carbocycles. The standard InChI is InChI=1S/C12H20O2/c1-6-7-8-9-10(13)11(14-5)12(2,3)4/h1,11H,7-9H2,2-5H3. The Morgan fingerprint density at radius 1 is 1.50 bits per heavy atom. The first-order valence-electron chi connectivity index (χ1n) is 4.92. The molecule has 0 aromatic carbocycles. The van der Waals surface area contributed by atoms with Gasteiger partial charge in [-0.25, -0.2) is 0 Å². The number of carbonyl (C=O) groups excluding carboxylic acids is 1. The highest BCUT2D eigenvalue weighted by molar-refractivity contribution is 5.83. The molecule has 0 aromatic rings. The number of hydrogen-bond donors (Lipinski definition) is 0. The number of methoxy groups -OCH3 is 1. The van der Waals surface area contributed by atoms with Gasteiger partial charge in [-0.05, 0) is 11.8 Å². The summed E-state index contributed by atoms with van der Waals surface area (Å²) in [6.07, 6.45) is 6.73. The number of rotatable bonds is 5. The van der Waals surface area contributed by atoms with Crippen LogP contribution in [0.1, 0.15) is 40.0 Å². The van der Waals surface area contributed by atoms with Gasteiger partial charge in [0.1, 0.15) is 6.10 Å². The average molecular weight is 196 g/mol. The molecule has 0 aliphatic carbocycles. The molecule has 0 radical (unpaired) electrons. The summed E-state index contributed by atoms with van der Waals surface area (Å²) in [7, 11) is 1.58. The number of terminal acetylenes is 1. The van der Waals surface area contributed by atoms with Crippen molar-refractivity contribution in [1.82, 2.24) is 0 Å². The number of unbranched alkanes of at least 4 members (excludes halogenated alkanes) is 1. The fraction of sp³-hybridized carbons (Fsp3) is 0.750. The van der Waals surface area contributed by atoms with E-state index < -0.39 is 0 Å². The lowest BCUT2D eigenvalue weighted by atomic mass is 9.85. The van der Waals surface area contributed by atoms with Crippen molar-refractivity contribution < 1.29 is 9.53 Å². The zero-order valence-electron chi connectivity index (χ0n) is 9.59. The molecule has 0 heterocycles. The van der Waals surface area contributed by atoms with E-state index >= 15 is 0 Å². The second-order valence-corrected chi connectivity index (χ2v) is 4.51. The molecule has 2 heteroatoms. The van der Waals surface area contributed by atoms with E-state index in [2.05, 4.69) is 5.92 Å². The molecule has 1 unspecified atom stereocenters. The van der Waals surface area contributed by atoms with Gasteiger partial charge >= 0.3 is 0 Å². The first kappa shape index (κ1) is 13.2. The normalized spacial score (nSPS) is 13.4. The zero-order chi connectivity index (χ0) is 11.2. The van der Waals surface area contributed by atoms with Crippen LogP contribution in [0.2, 0.25) is 0 Å². The van der Waals surface area contributed by atoms with E-state index in [1.54, 1.807) is 7.11 Å². The predicted molar refractivity (Wildman–Crippen MR) is 57.9 cm³/mol. The van der Waals surface area contributed by atoms with E-state index in [1.165, 1.54) is 0 Å². The minimum absolute atomic E-state index is 0.137. The summed E-state index contributed by atoms with van der Waals surface area (Å²) >= 11 is 0. The maximum Gasteiger partial charge on any atom is 0.162 e. The van der Waals surface area contributed by atoms with Crippen molar-refractivity contribution in [2.75, 3.05) is 7.11 Å². The zero-order valence-corrected chi connectivity index (χ0v) is 9.59. The van der Waals surface area contributed by atoms with Gasteiger partial charge < -0.3 is 4.74 Å². The average Bonchev–Trinajstić information content (AvgIpc) is 2.03. The van der Waals surface area contributed by atoms with Gasteiger partial charge in [0, 0.05) is 20.0 Å². The summed E-state index contributed by atoms with van der Waals surface area (Å²) in [6, 6.07) is 0. The van der Waals surface area contributed by atoms with Gasteiger partial charge in [0.25, 0.3) is 0 Å². The maximum atomic E-state index is 11.7. The van der Waals surface area contributed by atoms with Crippen LogP contribution in [0, 0.1) is 17.8 Å². The molecule has 0 aliphatic rings. The lowest BCUT2D eigenvalue weighted by Gasteiger charge is -2.27. The number of hydrogen-bond acceptors (Lipinski definition) is 2. The van der Waals surface area contributed by atoms with E-state index in [9.17, 15) is 4.79 Å². The minimum Gasteiger partial charge on any atom is -0.373 e. The molecule has 0 N–H and O–H groups in total. The van der Waals surface area contributed by atoms with Gasteiger partial charge in [-0.15, -0.1) is 12.3 Å². The third kappa shape index (κ3) is 4.43. The summed E-state index contributed by atoms with van der Waals surface area (Å²) in [4.78, 5) is 11.7. The van der Waals surface area contributed by atoms with Crippen LogP contribution in [0.4, 0.5) is 0 Å². The second kappa shape index (κ2) is 5.82. The lowest BCUT2D eigenvalue weighted by Crippen LogP contribution is -2.36. The maximum absolute atomic E-state index is 11.7. The van der Waals surface area contributed by atoms with Gasteiger partial charge in [0.05, 0.1) is 0 Å². The van der Waals surface area contributed by atoms with Crippen LogP contribution < -0.4 is 0 Å². The summed E-state index contributed by atoms with van der Waals surface area (Å²) < 4.78 is 5.21. The Kier molecular flexibility index (Phi) is 5.49. The van der Waals surface area contributed by atoms with Crippen molar-refractivity contribution in [2.45, 2.75) is 46.1 Å². The lowest BCUT2D eigenvalue weighted by molar-refractivity contribution is -0.135. The molecule has 1 atom stereocenters. The van der Waals surface area contributed by atoms with Gasteiger partial charge in [0.2, 0.25) is 0 Å². The summed E-state index contributed by atoms with van der Waals surface area (Å²) in [6.45, 7) is 6.00. The van der Waals surface area contributed by atoms with Crippen LogP contribution in [0.25, 0.3) is 0 Å². The SMILES string of the molecule is C#CCCCC(=O)C(OC)C(C)(C)C. The first-order valence-corrected chi connectivity index (χ1v) is 4.92. The van der Waals surface area contributed by atoms with Crippen LogP contribution in [0.3, 0.4) is 0 Å². The van der Waals surface area contributed by atoms with Crippen molar-refractivity contribution in [3.05, 3.63) is 0 Å². The van der Waals surface area contributed by atoms with E-state index in [4.69, 9.17) is 11.2 Å². The topological polar surface area (TPSA) is 26.3 Å². The van der Waals surface area contributed by atoms with Crippen molar-refractivity contribution in [3.8, 4) is 12.3 Å². The van der Waals surface area contributed by atoms with E-state index in [1.807, 2.05) is 20.8 Å². The molecule has 2 nitrogen and oxygen atoms in total. The number of Topliss-reactive ketones (excluding diaryl/α,β-unsaturated/α-hetero) is 1. The fourth-order valence-corrected chi connectivity index (χ4v) is 1.46. The van der Waals surface area contributed by atoms with Gasteiger partial charge in [0.15, 0.2) is 5.78 Å².